The number of hydrogen-bond acceptors (Lipinski definition) is 4. The van der Waals surface area contributed by atoms with Crippen LogP contribution in [-0.2, 0) is 16.6 Å². The van der Waals surface area contributed by atoms with Crippen LogP contribution in [0, 0.1) is 26.6 Å². The predicted molar refractivity (Wildman–Crippen MR) is 118 cm³/mol. The van der Waals surface area contributed by atoms with E-state index in [1.807, 2.05) is 17.5 Å². The van der Waals surface area contributed by atoms with Crippen molar-refractivity contribution in [3.63, 3.8) is 0 Å². The van der Waals surface area contributed by atoms with Crippen molar-refractivity contribution < 1.29 is 12.8 Å². The van der Waals surface area contributed by atoms with Crippen molar-refractivity contribution in [1.82, 2.24) is 14.1 Å². The second-order valence-electron chi connectivity index (χ2n) is 7.09. The number of hydrogen-bond donors (Lipinski definition) is 1. The maximum Gasteiger partial charge on any atom is 0.241 e. The molecule has 0 unspecified atom stereocenters. The number of fused-ring (bicyclic) bond motifs is 1. The number of imidazole rings is 1. The van der Waals surface area contributed by atoms with Gasteiger partial charge in [-0.3, -0.25) is 4.40 Å². The van der Waals surface area contributed by atoms with Gasteiger partial charge in [-0.05, 0) is 68.3 Å². The lowest BCUT2D eigenvalue weighted by Gasteiger charge is -2.11. The summed E-state index contributed by atoms with van der Waals surface area (Å²) in [5, 5.41) is 0.540. The van der Waals surface area contributed by atoms with Gasteiger partial charge in [0.25, 0.3) is 0 Å². The van der Waals surface area contributed by atoms with E-state index in [0.717, 1.165) is 26.8 Å². The van der Waals surface area contributed by atoms with Crippen molar-refractivity contribution in [3.8, 4) is 11.3 Å². The summed E-state index contributed by atoms with van der Waals surface area (Å²) in [6.45, 7) is 5.58. The van der Waals surface area contributed by atoms with Crippen molar-refractivity contribution >= 4 is 37.9 Å². The van der Waals surface area contributed by atoms with Crippen LogP contribution < -0.4 is 4.72 Å². The summed E-state index contributed by atoms with van der Waals surface area (Å²) < 4.78 is 43.4. The Kier molecular flexibility index (Phi) is 5.44. The van der Waals surface area contributed by atoms with Gasteiger partial charge in [0.15, 0.2) is 4.96 Å². The maximum atomic E-state index is 13.1. The molecule has 30 heavy (non-hydrogen) atoms. The number of benzene rings is 2. The number of aromatic nitrogens is 2. The van der Waals surface area contributed by atoms with Gasteiger partial charge in [0.1, 0.15) is 5.82 Å². The van der Waals surface area contributed by atoms with Gasteiger partial charge in [0, 0.05) is 33.9 Å². The lowest BCUT2D eigenvalue weighted by Crippen LogP contribution is -2.24. The Bertz CT molecular complexity index is 1360. The summed E-state index contributed by atoms with van der Waals surface area (Å²) >= 11 is 7.50. The highest BCUT2D eigenvalue weighted by atomic mass is 35.5. The van der Waals surface area contributed by atoms with Gasteiger partial charge in [-0.25, -0.2) is 22.5 Å². The first kappa shape index (κ1) is 21.0. The number of sulfonamides is 1. The summed E-state index contributed by atoms with van der Waals surface area (Å²) in [6, 6.07) is 9.41. The fourth-order valence-electron chi connectivity index (χ4n) is 3.20. The third-order valence-electron chi connectivity index (χ3n) is 4.96. The minimum absolute atomic E-state index is 0.162. The van der Waals surface area contributed by atoms with Gasteiger partial charge in [0.2, 0.25) is 10.0 Å². The second-order valence-corrected chi connectivity index (χ2v) is 10.3. The molecular weight excluding hydrogens is 445 g/mol. The Hall–Kier alpha value is -2.26. The molecule has 156 valence electrons. The quantitative estimate of drug-likeness (QED) is 0.439. The lowest BCUT2D eigenvalue weighted by molar-refractivity contribution is 0.581. The first-order chi connectivity index (χ1) is 14.2. The van der Waals surface area contributed by atoms with Crippen LogP contribution in [0.2, 0.25) is 5.02 Å². The van der Waals surface area contributed by atoms with Gasteiger partial charge in [0.05, 0.1) is 10.6 Å². The molecule has 2 heterocycles. The Morgan fingerprint density at radius 1 is 1.13 bits per heavy atom. The molecule has 0 atom stereocenters. The molecule has 2 aromatic heterocycles. The Labute approximate surface area is 183 Å². The molecule has 0 saturated heterocycles. The molecular formula is C21H19ClFN3O2S2. The molecule has 0 bridgehead atoms. The fourth-order valence-corrected chi connectivity index (χ4v) is 5.86. The first-order valence-electron chi connectivity index (χ1n) is 9.15. The van der Waals surface area contributed by atoms with Gasteiger partial charge in [-0.1, -0.05) is 22.9 Å². The molecule has 0 aliphatic heterocycles. The van der Waals surface area contributed by atoms with Gasteiger partial charge < -0.3 is 0 Å². The minimum Gasteiger partial charge on any atom is -0.294 e. The highest BCUT2D eigenvalue weighted by Crippen LogP contribution is 2.28. The van der Waals surface area contributed by atoms with E-state index in [4.69, 9.17) is 11.6 Å². The molecule has 4 aromatic rings. The molecule has 2 aromatic carbocycles. The summed E-state index contributed by atoms with van der Waals surface area (Å²) in [6.07, 6.45) is 1.87. The molecule has 9 heteroatoms. The van der Waals surface area contributed by atoms with E-state index in [1.165, 1.54) is 23.5 Å². The number of rotatable bonds is 5. The summed E-state index contributed by atoms with van der Waals surface area (Å²) in [5.41, 5.74) is 3.77. The number of halogens is 2. The molecule has 0 spiro atoms. The summed E-state index contributed by atoms with van der Waals surface area (Å²) in [4.78, 5) is 6.44. The zero-order valence-corrected chi connectivity index (χ0v) is 18.9. The SMILES string of the molecule is Cc1cc(S(=O)(=O)NCc2sc3nc(-c4ccc(F)cc4)cn3c2C)c(C)cc1Cl. The average Bonchev–Trinajstić information content (AvgIpc) is 3.23. The van der Waals surface area contributed by atoms with Crippen LogP contribution in [0.5, 0.6) is 0 Å². The van der Waals surface area contributed by atoms with Gasteiger partial charge >= 0.3 is 0 Å². The molecule has 0 radical (unpaired) electrons. The Balaban J connectivity index is 1.59. The van der Waals surface area contributed by atoms with E-state index < -0.39 is 10.0 Å². The van der Waals surface area contributed by atoms with Crippen LogP contribution in [-0.4, -0.2) is 17.8 Å². The van der Waals surface area contributed by atoms with E-state index in [9.17, 15) is 12.8 Å². The molecule has 1 N–H and O–H groups in total. The number of nitrogens with one attached hydrogen (secondary N) is 1. The Morgan fingerprint density at radius 2 is 1.83 bits per heavy atom. The Morgan fingerprint density at radius 3 is 2.50 bits per heavy atom. The van der Waals surface area contributed by atoms with Crippen LogP contribution in [0.25, 0.3) is 16.2 Å². The van der Waals surface area contributed by atoms with Crippen molar-refractivity contribution in [2.75, 3.05) is 0 Å². The molecule has 0 amide bonds. The normalized spacial score (nSPS) is 12.0. The van der Waals surface area contributed by atoms with E-state index >= 15 is 0 Å². The molecule has 0 saturated carbocycles. The zero-order chi connectivity index (χ0) is 21.6. The third-order valence-corrected chi connectivity index (χ3v) is 8.07. The van der Waals surface area contributed by atoms with E-state index in [-0.39, 0.29) is 17.3 Å². The lowest BCUT2D eigenvalue weighted by atomic mass is 10.2. The van der Waals surface area contributed by atoms with Crippen molar-refractivity contribution in [2.24, 2.45) is 0 Å². The number of aryl methyl sites for hydroxylation is 3. The van der Waals surface area contributed by atoms with Gasteiger partial charge in [-0.2, -0.15) is 0 Å². The minimum atomic E-state index is -3.69. The predicted octanol–water partition coefficient (Wildman–Crippen LogP) is 5.26. The molecule has 0 fully saturated rings. The van der Waals surface area contributed by atoms with Crippen LogP contribution in [0.1, 0.15) is 21.7 Å². The molecule has 4 rings (SSSR count). The smallest absolute Gasteiger partial charge is 0.241 e. The number of thiazole rings is 1. The van der Waals surface area contributed by atoms with Crippen molar-refractivity contribution in [2.45, 2.75) is 32.2 Å². The highest BCUT2D eigenvalue weighted by Gasteiger charge is 2.20. The van der Waals surface area contributed by atoms with Crippen LogP contribution in [0.4, 0.5) is 4.39 Å². The van der Waals surface area contributed by atoms with Crippen LogP contribution in [0.3, 0.4) is 0 Å². The van der Waals surface area contributed by atoms with Crippen molar-refractivity contribution in [3.05, 3.63) is 75.1 Å². The molecule has 5 nitrogen and oxygen atoms in total. The van der Waals surface area contributed by atoms with Crippen molar-refractivity contribution in [1.29, 1.82) is 0 Å². The van der Waals surface area contributed by atoms with E-state index in [1.54, 1.807) is 38.1 Å². The first-order valence-corrected chi connectivity index (χ1v) is 11.8. The molecule has 0 aliphatic carbocycles. The summed E-state index contributed by atoms with van der Waals surface area (Å²) in [5.74, 6) is -0.295. The maximum absolute atomic E-state index is 13.1. The largest absolute Gasteiger partial charge is 0.294 e. The zero-order valence-electron chi connectivity index (χ0n) is 16.5. The van der Waals surface area contributed by atoms with Crippen LogP contribution in [0.15, 0.2) is 47.5 Å². The highest BCUT2D eigenvalue weighted by molar-refractivity contribution is 7.89. The van der Waals surface area contributed by atoms with Gasteiger partial charge in [-0.15, -0.1) is 0 Å². The monoisotopic (exact) mass is 463 g/mol. The fraction of sp³-hybridized carbons (Fsp3) is 0.190. The van der Waals surface area contributed by atoms with Crippen LogP contribution >= 0.6 is 22.9 Å². The number of nitrogens with zero attached hydrogens (tertiary/aromatic N) is 2. The van der Waals surface area contributed by atoms with E-state index in [0.29, 0.717) is 16.1 Å². The summed E-state index contributed by atoms with van der Waals surface area (Å²) in [7, 11) is -3.69. The van der Waals surface area contributed by atoms with E-state index in [2.05, 4.69) is 9.71 Å². The standard InChI is InChI=1S/C21H19ClFN3O2S2/c1-12-9-20(13(2)8-17(12)22)30(27,28)24-10-19-14(3)26-11-18(25-21(26)29-19)15-4-6-16(23)7-5-15/h4-9,11,24H,10H2,1-3H3. The topological polar surface area (TPSA) is 63.5 Å². The second kappa shape index (κ2) is 7.77. The molecule has 0 aliphatic rings. The average molecular weight is 464 g/mol. The third kappa shape index (κ3) is 3.88.